The number of nitrogens with one attached hydrogen (secondary N) is 6. The van der Waals surface area contributed by atoms with E-state index in [2.05, 4.69) is 43.5 Å². The van der Waals surface area contributed by atoms with E-state index in [1.807, 2.05) is 43.3 Å². The number of benzene rings is 1. The van der Waals surface area contributed by atoms with Crippen molar-refractivity contribution in [1.29, 1.82) is 0 Å². The SMILES string of the molecule is C=C1C(=O)N[C@H](C)C(=O)N[C@@H](CCCN=C(N)N)C(=O)NC(C(=O)O)[C@H](C)C(=O)NC(CC)C(=O)NC(/C=C/C(C)=C/[C@H](C)[C@H](Cc2ccccc2)OC)[C@H](C)C(=O)N[C@@H](C(=O)O)CCC(=O)N1C. The van der Waals surface area contributed by atoms with Crippen LogP contribution < -0.4 is 43.4 Å². The van der Waals surface area contributed by atoms with Gasteiger partial charge in [0.15, 0.2) is 5.96 Å². The second kappa shape index (κ2) is 28.3. The average molecular weight is 967 g/mol. The van der Waals surface area contributed by atoms with Crippen molar-refractivity contribution in [2.24, 2.45) is 34.2 Å². The van der Waals surface area contributed by atoms with Crippen LogP contribution in [0.5, 0.6) is 0 Å². The maximum Gasteiger partial charge on any atom is 0.327 e. The largest absolute Gasteiger partial charge is 0.480 e. The molecule has 380 valence electrons. The summed E-state index contributed by atoms with van der Waals surface area (Å²) in [6, 6.07) is 1.05. The summed E-state index contributed by atoms with van der Waals surface area (Å²) in [5, 5.41) is 35.2. The van der Waals surface area contributed by atoms with E-state index >= 15 is 0 Å². The number of hydrogen-bond donors (Lipinski definition) is 10. The Bertz CT molecular complexity index is 2110. The van der Waals surface area contributed by atoms with Gasteiger partial charge in [-0.25, -0.2) is 9.59 Å². The molecule has 1 aromatic rings. The lowest BCUT2D eigenvalue weighted by atomic mass is 9.94. The molecule has 0 bridgehead atoms. The first kappa shape index (κ1) is 58.0. The maximum atomic E-state index is 14.0. The number of amides is 7. The number of carboxylic acid groups (broad SMARTS) is 2. The molecule has 7 amide bonds. The minimum atomic E-state index is -1.89. The topological polar surface area (TPSA) is 343 Å². The Hall–Kier alpha value is -7.10. The highest BCUT2D eigenvalue weighted by molar-refractivity contribution is 6.00. The van der Waals surface area contributed by atoms with Crippen LogP contribution in [0.2, 0.25) is 0 Å². The first-order valence-electron chi connectivity index (χ1n) is 22.6. The molecular formula is C47H70N10O12. The molecule has 2 rings (SSSR count). The minimum absolute atomic E-state index is 0.0163. The molecular weight excluding hydrogens is 897 g/mol. The van der Waals surface area contributed by atoms with Crippen LogP contribution in [0.3, 0.4) is 0 Å². The molecule has 12 N–H and O–H groups in total. The third-order valence-electron chi connectivity index (χ3n) is 11.7. The van der Waals surface area contributed by atoms with Gasteiger partial charge in [-0.15, -0.1) is 0 Å². The van der Waals surface area contributed by atoms with E-state index < -0.39 is 120 Å². The van der Waals surface area contributed by atoms with Crippen molar-refractivity contribution in [2.75, 3.05) is 20.7 Å². The molecule has 1 heterocycles. The van der Waals surface area contributed by atoms with Gasteiger partial charge in [0.2, 0.25) is 35.4 Å². The van der Waals surface area contributed by atoms with Gasteiger partial charge in [-0.2, -0.15) is 0 Å². The van der Waals surface area contributed by atoms with Crippen molar-refractivity contribution in [2.45, 2.75) is 122 Å². The molecule has 0 saturated carbocycles. The number of carboxylic acids is 2. The minimum Gasteiger partial charge on any atom is -0.480 e. The van der Waals surface area contributed by atoms with Gasteiger partial charge in [0.1, 0.15) is 35.9 Å². The number of rotatable bonds is 14. The Morgan fingerprint density at radius 1 is 0.870 bits per heavy atom. The lowest BCUT2D eigenvalue weighted by molar-refractivity contribution is -0.146. The van der Waals surface area contributed by atoms with Gasteiger partial charge in [0, 0.05) is 33.0 Å². The van der Waals surface area contributed by atoms with E-state index in [-0.39, 0.29) is 43.8 Å². The summed E-state index contributed by atoms with van der Waals surface area (Å²) in [5.41, 5.74) is 12.2. The van der Waals surface area contributed by atoms with Crippen molar-refractivity contribution < 1.29 is 58.1 Å². The molecule has 1 aliphatic heterocycles. The highest BCUT2D eigenvalue weighted by Gasteiger charge is 2.37. The van der Waals surface area contributed by atoms with Crippen LogP contribution in [-0.2, 0) is 54.3 Å². The molecule has 0 spiro atoms. The molecule has 1 aromatic carbocycles. The van der Waals surface area contributed by atoms with Crippen molar-refractivity contribution in [3.8, 4) is 0 Å². The third-order valence-corrected chi connectivity index (χ3v) is 11.7. The fraction of sp³-hybridized carbons (Fsp3) is 0.532. The van der Waals surface area contributed by atoms with Crippen molar-refractivity contribution in [1.82, 2.24) is 36.8 Å². The Kier molecular flexibility index (Phi) is 23.8. The first-order chi connectivity index (χ1) is 32.4. The normalized spacial score (nSPS) is 25.6. The summed E-state index contributed by atoms with van der Waals surface area (Å²) in [6.45, 7) is 12.9. The van der Waals surface area contributed by atoms with E-state index in [9.17, 15) is 53.4 Å². The molecule has 0 aromatic heterocycles. The number of aliphatic imine (C=N–C) groups is 1. The average Bonchev–Trinajstić information content (AvgIpc) is 3.30. The van der Waals surface area contributed by atoms with Crippen LogP contribution >= 0.6 is 0 Å². The second-order valence-corrected chi connectivity index (χ2v) is 17.0. The number of hydrogen-bond acceptors (Lipinski definition) is 11. The monoisotopic (exact) mass is 967 g/mol. The number of methoxy groups -OCH3 is 1. The first-order valence-corrected chi connectivity index (χ1v) is 22.6. The molecule has 69 heavy (non-hydrogen) atoms. The zero-order chi connectivity index (χ0) is 52.1. The highest BCUT2D eigenvalue weighted by Crippen LogP contribution is 2.19. The summed E-state index contributed by atoms with van der Waals surface area (Å²) in [4.78, 5) is 125. The van der Waals surface area contributed by atoms with E-state index in [0.29, 0.717) is 6.42 Å². The number of guanidine groups is 1. The van der Waals surface area contributed by atoms with Gasteiger partial charge < -0.3 is 63.2 Å². The lowest BCUT2D eigenvalue weighted by Gasteiger charge is -2.28. The van der Waals surface area contributed by atoms with Gasteiger partial charge in [-0.1, -0.05) is 88.4 Å². The van der Waals surface area contributed by atoms with Crippen molar-refractivity contribution in [3.63, 3.8) is 0 Å². The van der Waals surface area contributed by atoms with E-state index in [1.165, 1.54) is 33.9 Å². The quantitative estimate of drug-likeness (QED) is 0.0386. The van der Waals surface area contributed by atoms with Gasteiger partial charge in [-0.3, -0.25) is 38.6 Å². The zero-order valence-electron chi connectivity index (χ0n) is 40.6. The lowest BCUT2D eigenvalue weighted by Crippen LogP contribution is -2.58. The van der Waals surface area contributed by atoms with Crippen molar-refractivity contribution in [3.05, 3.63) is 72.0 Å². The summed E-state index contributed by atoms with van der Waals surface area (Å²) in [7, 11) is 2.82. The predicted octanol–water partition coefficient (Wildman–Crippen LogP) is -0.0177. The smallest absolute Gasteiger partial charge is 0.327 e. The van der Waals surface area contributed by atoms with E-state index in [4.69, 9.17) is 16.2 Å². The number of likely N-dealkylation sites (N-methyl/N-ethyl adjacent to an activating group) is 1. The number of nitrogens with zero attached hydrogens (tertiary/aromatic N) is 2. The summed E-state index contributed by atoms with van der Waals surface area (Å²) in [6.07, 6.45) is 4.63. The summed E-state index contributed by atoms with van der Waals surface area (Å²) >= 11 is 0. The molecule has 0 aliphatic carbocycles. The molecule has 3 unspecified atom stereocenters. The number of aliphatic carboxylic acids is 2. The Morgan fingerprint density at radius 3 is 2.06 bits per heavy atom. The number of ether oxygens (including phenoxy) is 1. The van der Waals surface area contributed by atoms with Crippen molar-refractivity contribution >= 4 is 59.2 Å². The Balaban J connectivity index is 2.62. The summed E-state index contributed by atoms with van der Waals surface area (Å²) < 4.78 is 5.79. The maximum absolute atomic E-state index is 14.0. The number of carbonyl (C=O) groups is 9. The molecule has 22 nitrogen and oxygen atoms in total. The summed E-state index contributed by atoms with van der Waals surface area (Å²) in [5.74, 6) is -12.3. The van der Waals surface area contributed by atoms with Crippen LogP contribution in [-0.4, -0.2) is 137 Å². The molecule has 10 atom stereocenters. The van der Waals surface area contributed by atoms with Gasteiger partial charge in [0.05, 0.1) is 24.0 Å². The molecule has 1 saturated heterocycles. The zero-order valence-corrected chi connectivity index (χ0v) is 40.6. The molecule has 0 radical (unpaired) electrons. The van der Waals surface area contributed by atoms with Crippen LogP contribution in [0, 0.1) is 17.8 Å². The van der Waals surface area contributed by atoms with Gasteiger partial charge >= 0.3 is 11.9 Å². The Labute approximate surface area is 402 Å². The fourth-order valence-corrected chi connectivity index (χ4v) is 7.11. The fourth-order valence-electron chi connectivity index (χ4n) is 7.11. The standard InChI is InChI=1S/C47H70N10O12/c1-10-32-43(63)53-33(19-18-25(2)23-26(3)36(69-9)24-31-15-12-11-13-16-31)27(4)39(59)55-35(45(65)66)20-21-37(58)57(8)30(7)42(62)51-29(6)41(61)54-34(17-14-22-50-47(48)49)44(64)56-38(46(67)68)28(5)40(60)52-32/h11-13,15-16,18-19,23,26-29,32-36,38H,7,10,14,17,20-22,24H2,1-6,8-9H3,(H,51,62)(H,52,60)(H,53,63)(H,54,61)(H,55,59)(H,56,64)(H,65,66)(H,67,68)(H4,48,49,50)/b19-18+,25-23+/t26-,27-,28-,29+,32?,33?,34-,35+,36-,38?/m0/s1. The Morgan fingerprint density at radius 2 is 1.48 bits per heavy atom. The molecule has 1 fully saturated rings. The molecule has 1 aliphatic rings. The number of nitrogens with two attached hydrogens (primary N) is 2. The van der Waals surface area contributed by atoms with Gasteiger partial charge in [0.25, 0.3) is 5.91 Å². The van der Waals surface area contributed by atoms with Crippen LogP contribution in [0.15, 0.2) is 71.4 Å². The van der Waals surface area contributed by atoms with E-state index in [1.54, 1.807) is 27.0 Å². The predicted molar refractivity (Wildman–Crippen MR) is 255 cm³/mol. The van der Waals surface area contributed by atoms with E-state index in [0.717, 1.165) is 16.0 Å². The number of allylic oxidation sites excluding steroid dienone is 2. The second-order valence-electron chi connectivity index (χ2n) is 17.0. The third kappa shape index (κ3) is 18.8. The van der Waals surface area contributed by atoms with Crippen LogP contribution in [0.1, 0.15) is 79.2 Å². The highest BCUT2D eigenvalue weighted by atomic mass is 16.5. The van der Waals surface area contributed by atoms with Gasteiger partial charge in [-0.05, 0) is 51.5 Å². The van der Waals surface area contributed by atoms with Crippen LogP contribution in [0.25, 0.3) is 0 Å². The number of carbonyl (C=O) groups excluding carboxylic acids is 7. The molecule has 22 heteroatoms. The van der Waals surface area contributed by atoms with Crippen LogP contribution in [0.4, 0.5) is 0 Å².